The van der Waals surface area contributed by atoms with Gasteiger partial charge < -0.3 is 10.9 Å². The lowest BCUT2D eigenvalue weighted by atomic mass is 10.1. The van der Waals surface area contributed by atoms with Crippen LogP contribution in [0.3, 0.4) is 0 Å². The van der Waals surface area contributed by atoms with Crippen molar-refractivity contribution >= 4 is 11.5 Å². The van der Waals surface area contributed by atoms with Crippen molar-refractivity contribution in [3.63, 3.8) is 0 Å². The van der Waals surface area contributed by atoms with E-state index < -0.39 is 4.92 Å². The summed E-state index contributed by atoms with van der Waals surface area (Å²) in [5.74, 6) is 0.0741. The minimum Gasteiger partial charge on any atom is -0.409 e. The number of rotatable bonds is 5. The molecule has 3 N–H and O–H groups in total. The van der Waals surface area contributed by atoms with Crippen LogP contribution in [0.15, 0.2) is 17.5 Å². The summed E-state index contributed by atoms with van der Waals surface area (Å²) in [4.78, 5) is 9.95. The Morgan fingerprint density at radius 3 is 3.00 bits per heavy atom. The third kappa shape index (κ3) is 2.69. The highest BCUT2D eigenvalue weighted by Gasteiger charge is 2.16. The van der Waals surface area contributed by atoms with E-state index >= 15 is 0 Å². The second-order valence-electron chi connectivity index (χ2n) is 3.29. The molecule has 1 aromatic heterocycles. The van der Waals surface area contributed by atoms with Crippen molar-refractivity contribution in [3.05, 3.63) is 22.5 Å². The molecule has 0 aliphatic heterocycles. The Bertz CT molecular complexity index is 400. The van der Waals surface area contributed by atoms with Crippen LogP contribution in [-0.4, -0.2) is 25.7 Å². The molecule has 0 aliphatic rings. The van der Waals surface area contributed by atoms with E-state index in [0.29, 0.717) is 12.8 Å². The number of hydrogen-bond donors (Lipinski definition) is 2. The Kier molecular flexibility index (Phi) is 3.81. The normalized spacial score (nSPS) is 13.7. The van der Waals surface area contributed by atoms with Crippen LogP contribution in [-0.2, 0) is 0 Å². The Hall–Kier alpha value is -2.12. The lowest BCUT2D eigenvalue weighted by molar-refractivity contribution is -0.385. The summed E-state index contributed by atoms with van der Waals surface area (Å²) in [5.41, 5.74) is 5.31. The molecule has 1 unspecified atom stereocenters. The molecule has 0 amide bonds. The molecule has 0 aromatic carbocycles. The molecule has 1 aromatic rings. The average molecular weight is 227 g/mol. The first-order valence-corrected chi connectivity index (χ1v) is 4.73. The van der Waals surface area contributed by atoms with Crippen molar-refractivity contribution in [2.24, 2.45) is 10.9 Å². The van der Waals surface area contributed by atoms with Crippen molar-refractivity contribution < 1.29 is 10.1 Å². The van der Waals surface area contributed by atoms with Gasteiger partial charge in [0.05, 0.1) is 11.0 Å². The number of aromatic nitrogens is 2. The summed E-state index contributed by atoms with van der Waals surface area (Å²) in [6.45, 7) is 1.89. The third-order valence-corrected chi connectivity index (χ3v) is 2.22. The van der Waals surface area contributed by atoms with Crippen molar-refractivity contribution in [2.45, 2.75) is 25.8 Å². The van der Waals surface area contributed by atoms with Gasteiger partial charge in [0.1, 0.15) is 18.2 Å². The molecule has 1 atom stereocenters. The molecule has 0 radical (unpaired) electrons. The molecule has 1 heterocycles. The van der Waals surface area contributed by atoms with Gasteiger partial charge in [-0.25, -0.2) is 0 Å². The number of nitro groups is 1. The van der Waals surface area contributed by atoms with Gasteiger partial charge in [0.25, 0.3) is 0 Å². The molecule has 16 heavy (non-hydrogen) atoms. The second-order valence-corrected chi connectivity index (χ2v) is 3.29. The SMILES string of the molecule is CCC(C/C(N)=N/O)n1cc([N+](=O)[O-])cn1. The minimum absolute atomic E-state index is 0.0713. The summed E-state index contributed by atoms with van der Waals surface area (Å²) in [6, 6.07) is -0.149. The maximum atomic E-state index is 10.5. The van der Waals surface area contributed by atoms with E-state index in [-0.39, 0.29) is 17.6 Å². The van der Waals surface area contributed by atoms with Gasteiger partial charge in [0, 0.05) is 6.42 Å². The van der Waals surface area contributed by atoms with Crippen LogP contribution in [0.1, 0.15) is 25.8 Å². The molecular formula is C8H13N5O3. The summed E-state index contributed by atoms with van der Waals surface area (Å²) in [5, 5.41) is 25.7. The highest BCUT2D eigenvalue weighted by Crippen LogP contribution is 2.18. The van der Waals surface area contributed by atoms with E-state index in [2.05, 4.69) is 10.3 Å². The summed E-state index contributed by atoms with van der Waals surface area (Å²) in [7, 11) is 0. The van der Waals surface area contributed by atoms with Crippen LogP contribution in [0.5, 0.6) is 0 Å². The third-order valence-electron chi connectivity index (χ3n) is 2.22. The number of nitrogens with two attached hydrogens (primary N) is 1. The molecule has 1 rings (SSSR count). The van der Waals surface area contributed by atoms with E-state index in [1.54, 1.807) is 0 Å². The fourth-order valence-corrected chi connectivity index (χ4v) is 1.33. The van der Waals surface area contributed by atoms with Crippen molar-refractivity contribution in [1.82, 2.24) is 9.78 Å². The number of nitrogens with zero attached hydrogens (tertiary/aromatic N) is 4. The van der Waals surface area contributed by atoms with E-state index in [4.69, 9.17) is 10.9 Å². The number of oxime groups is 1. The van der Waals surface area contributed by atoms with Gasteiger partial charge in [-0.05, 0) is 6.42 Å². The summed E-state index contributed by atoms with van der Waals surface area (Å²) < 4.78 is 1.45. The first-order chi connectivity index (χ1) is 7.58. The van der Waals surface area contributed by atoms with Crippen LogP contribution >= 0.6 is 0 Å². The molecule has 0 saturated heterocycles. The Morgan fingerprint density at radius 1 is 1.88 bits per heavy atom. The highest BCUT2D eigenvalue weighted by atomic mass is 16.6. The minimum atomic E-state index is -0.514. The molecule has 8 heteroatoms. The first kappa shape index (κ1) is 12.0. The molecule has 0 fully saturated rings. The van der Waals surface area contributed by atoms with E-state index in [9.17, 15) is 10.1 Å². The van der Waals surface area contributed by atoms with Crippen LogP contribution in [0.4, 0.5) is 5.69 Å². The monoisotopic (exact) mass is 227 g/mol. The smallest absolute Gasteiger partial charge is 0.307 e. The molecule has 0 aliphatic carbocycles. The van der Waals surface area contributed by atoms with Crippen molar-refractivity contribution in [3.8, 4) is 0 Å². The number of amidine groups is 1. The van der Waals surface area contributed by atoms with Gasteiger partial charge in [-0.15, -0.1) is 0 Å². The van der Waals surface area contributed by atoms with Gasteiger partial charge in [-0.3, -0.25) is 14.8 Å². The lowest BCUT2D eigenvalue weighted by Crippen LogP contribution is -2.19. The fourth-order valence-electron chi connectivity index (χ4n) is 1.33. The van der Waals surface area contributed by atoms with Gasteiger partial charge in [-0.2, -0.15) is 5.10 Å². The Labute approximate surface area is 91.5 Å². The van der Waals surface area contributed by atoms with Crippen LogP contribution < -0.4 is 5.73 Å². The van der Waals surface area contributed by atoms with Gasteiger partial charge in [0.15, 0.2) is 0 Å². The summed E-state index contributed by atoms with van der Waals surface area (Å²) in [6.07, 6.45) is 3.48. The van der Waals surface area contributed by atoms with Gasteiger partial charge >= 0.3 is 5.69 Å². The fraction of sp³-hybridized carbons (Fsp3) is 0.500. The van der Waals surface area contributed by atoms with Crippen molar-refractivity contribution in [2.75, 3.05) is 0 Å². The quantitative estimate of drug-likeness (QED) is 0.254. The van der Waals surface area contributed by atoms with Gasteiger partial charge in [0.2, 0.25) is 0 Å². The first-order valence-electron chi connectivity index (χ1n) is 4.73. The zero-order valence-corrected chi connectivity index (χ0v) is 8.78. The topological polar surface area (TPSA) is 120 Å². The zero-order chi connectivity index (χ0) is 12.1. The highest BCUT2D eigenvalue weighted by molar-refractivity contribution is 5.79. The molecular weight excluding hydrogens is 214 g/mol. The Morgan fingerprint density at radius 2 is 2.56 bits per heavy atom. The molecule has 0 bridgehead atoms. The number of hydrogen-bond acceptors (Lipinski definition) is 5. The standard InChI is InChI=1S/C8H13N5O3/c1-2-6(3-8(9)11-14)12-5-7(4-10-12)13(15)16/h4-6,14H,2-3H2,1H3,(H2,9,11). The predicted octanol–water partition coefficient (Wildman–Crippen LogP) is 0.879. The maximum absolute atomic E-state index is 10.5. The Balaban J connectivity index is 2.83. The molecule has 0 saturated carbocycles. The average Bonchev–Trinajstić information content (AvgIpc) is 2.74. The second kappa shape index (κ2) is 5.10. The largest absolute Gasteiger partial charge is 0.409 e. The van der Waals surface area contributed by atoms with Crippen LogP contribution in [0.2, 0.25) is 0 Å². The van der Waals surface area contributed by atoms with E-state index in [0.717, 1.165) is 0 Å². The van der Waals surface area contributed by atoms with E-state index in [1.807, 2.05) is 6.92 Å². The zero-order valence-electron chi connectivity index (χ0n) is 8.78. The van der Waals surface area contributed by atoms with Gasteiger partial charge in [-0.1, -0.05) is 12.1 Å². The molecule has 0 spiro atoms. The van der Waals surface area contributed by atoms with E-state index in [1.165, 1.54) is 17.1 Å². The van der Waals surface area contributed by atoms with Crippen LogP contribution in [0, 0.1) is 10.1 Å². The van der Waals surface area contributed by atoms with Crippen LogP contribution in [0.25, 0.3) is 0 Å². The lowest BCUT2D eigenvalue weighted by Gasteiger charge is -2.13. The molecule has 88 valence electrons. The maximum Gasteiger partial charge on any atom is 0.307 e. The summed E-state index contributed by atoms with van der Waals surface area (Å²) >= 11 is 0. The molecule has 8 nitrogen and oxygen atoms in total. The van der Waals surface area contributed by atoms with Crippen molar-refractivity contribution in [1.29, 1.82) is 0 Å². The predicted molar refractivity (Wildman–Crippen MR) is 56.2 cm³/mol.